The van der Waals surface area contributed by atoms with Crippen molar-refractivity contribution in [3.8, 4) is 11.5 Å². The van der Waals surface area contributed by atoms with E-state index in [0.29, 0.717) is 5.69 Å². The first-order valence-corrected chi connectivity index (χ1v) is 6.22. The maximum Gasteiger partial charge on any atom is 0.141 e. The predicted octanol–water partition coefficient (Wildman–Crippen LogP) is 4.59. The van der Waals surface area contributed by atoms with E-state index in [1.54, 1.807) is 6.07 Å². The lowest BCUT2D eigenvalue weighted by molar-refractivity contribution is 0.479. The van der Waals surface area contributed by atoms with Crippen LogP contribution in [0, 0.1) is 0 Å². The van der Waals surface area contributed by atoms with Gasteiger partial charge in [-0.15, -0.1) is 0 Å². The van der Waals surface area contributed by atoms with Gasteiger partial charge in [0.05, 0.1) is 4.47 Å². The largest absolute Gasteiger partial charge is 0.456 e. The second-order valence-corrected chi connectivity index (χ2v) is 5.02. The quantitative estimate of drug-likeness (QED) is 0.810. The van der Waals surface area contributed by atoms with Gasteiger partial charge in [-0.2, -0.15) is 0 Å². The summed E-state index contributed by atoms with van der Waals surface area (Å²) in [6, 6.07) is 13.1. The van der Waals surface area contributed by atoms with Crippen molar-refractivity contribution in [2.24, 2.45) is 0 Å². The topological polar surface area (TPSA) is 35.2 Å². The minimum atomic E-state index is 0.704. The molecular weight excluding hydrogens is 334 g/mol. The smallest absolute Gasteiger partial charge is 0.141 e. The van der Waals surface area contributed by atoms with Gasteiger partial charge in [-0.25, -0.2) is 0 Å². The Labute approximate surface area is 111 Å². The van der Waals surface area contributed by atoms with Crippen molar-refractivity contribution >= 4 is 37.5 Å². The van der Waals surface area contributed by atoms with Crippen LogP contribution in [-0.4, -0.2) is 0 Å². The molecule has 0 aromatic heterocycles. The first-order valence-electron chi connectivity index (χ1n) is 4.63. The van der Waals surface area contributed by atoms with Crippen molar-refractivity contribution < 1.29 is 4.74 Å². The van der Waals surface area contributed by atoms with Crippen molar-refractivity contribution in [3.63, 3.8) is 0 Å². The highest BCUT2D eigenvalue weighted by atomic mass is 79.9. The van der Waals surface area contributed by atoms with E-state index in [2.05, 4.69) is 31.9 Å². The van der Waals surface area contributed by atoms with Gasteiger partial charge < -0.3 is 10.5 Å². The van der Waals surface area contributed by atoms with Crippen molar-refractivity contribution in [2.75, 3.05) is 5.73 Å². The van der Waals surface area contributed by atoms with Crippen LogP contribution in [0.3, 0.4) is 0 Å². The van der Waals surface area contributed by atoms with Crippen LogP contribution in [0.2, 0.25) is 0 Å². The van der Waals surface area contributed by atoms with Gasteiger partial charge >= 0.3 is 0 Å². The number of halogens is 2. The summed E-state index contributed by atoms with van der Waals surface area (Å²) in [5, 5.41) is 0. The molecule has 0 unspecified atom stereocenters. The first kappa shape index (κ1) is 11.5. The van der Waals surface area contributed by atoms with Crippen molar-refractivity contribution in [2.45, 2.75) is 0 Å². The highest BCUT2D eigenvalue weighted by Gasteiger charge is 2.02. The van der Waals surface area contributed by atoms with Crippen molar-refractivity contribution in [1.82, 2.24) is 0 Å². The number of benzene rings is 2. The lowest BCUT2D eigenvalue weighted by atomic mass is 10.3. The van der Waals surface area contributed by atoms with E-state index in [9.17, 15) is 0 Å². The van der Waals surface area contributed by atoms with E-state index in [0.717, 1.165) is 20.4 Å². The zero-order valence-electron chi connectivity index (χ0n) is 8.28. The van der Waals surface area contributed by atoms with Gasteiger partial charge in [0.2, 0.25) is 0 Å². The lowest BCUT2D eigenvalue weighted by Crippen LogP contribution is -1.88. The molecule has 0 aliphatic carbocycles. The molecule has 2 aromatic carbocycles. The highest BCUT2D eigenvalue weighted by molar-refractivity contribution is 9.10. The molecule has 82 valence electrons. The predicted molar refractivity (Wildman–Crippen MR) is 72.8 cm³/mol. The molecule has 0 fully saturated rings. The second kappa shape index (κ2) is 4.89. The van der Waals surface area contributed by atoms with Gasteiger partial charge in [-0.05, 0) is 58.4 Å². The third-order valence-corrected chi connectivity index (χ3v) is 3.15. The molecule has 0 bridgehead atoms. The fraction of sp³-hybridized carbons (Fsp3) is 0. The summed E-state index contributed by atoms with van der Waals surface area (Å²) in [5.41, 5.74) is 6.35. The molecule has 0 heterocycles. The molecule has 2 rings (SSSR count). The van der Waals surface area contributed by atoms with Crippen molar-refractivity contribution in [1.29, 1.82) is 0 Å². The zero-order valence-corrected chi connectivity index (χ0v) is 11.5. The summed E-state index contributed by atoms with van der Waals surface area (Å²) in [6.07, 6.45) is 0. The molecule has 16 heavy (non-hydrogen) atoms. The van der Waals surface area contributed by atoms with Crippen LogP contribution in [0.5, 0.6) is 11.5 Å². The van der Waals surface area contributed by atoms with Crippen LogP contribution in [-0.2, 0) is 0 Å². The van der Waals surface area contributed by atoms with Gasteiger partial charge in [0.1, 0.15) is 11.5 Å². The summed E-state index contributed by atoms with van der Waals surface area (Å²) in [5.74, 6) is 1.53. The van der Waals surface area contributed by atoms with E-state index in [1.807, 2.05) is 36.4 Å². The zero-order chi connectivity index (χ0) is 11.5. The van der Waals surface area contributed by atoms with Crippen LogP contribution in [0.15, 0.2) is 51.4 Å². The number of anilines is 1. The van der Waals surface area contributed by atoms with Crippen LogP contribution in [0.4, 0.5) is 5.69 Å². The second-order valence-electron chi connectivity index (χ2n) is 3.25. The normalized spacial score (nSPS) is 10.1. The average molecular weight is 343 g/mol. The number of ether oxygens (including phenoxy) is 1. The highest BCUT2D eigenvalue weighted by Crippen LogP contribution is 2.31. The molecule has 0 atom stereocenters. The van der Waals surface area contributed by atoms with E-state index in [-0.39, 0.29) is 0 Å². The summed E-state index contributed by atoms with van der Waals surface area (Å²) in [6.45, 7) is 0. The SMILES string of the molecule is Nc1ccc(Oc2ccc(Br)cc2)c(Br)c1. The van der Waals surface area contributed by atoms with Crippen LogP contribution in [0.1, 0.15) is 0 Å². The van der Waals surface area contributed by atoms with Gasteiger partial charge in [0.25, 0.3) is 0 Å². The van der Waals surface area contributed by atoms with E-state index < -0.39 is 0 Å². The summed E-state index contributed by atoms with van der Waals surface area (Å²) in [7, 11) is 0. The molecule has 0 saturated carbocycles. The van der Waals surface area contributed by atoms with Crippen LogP contribution < -0.4 is 10.5 Å². The molecule has 0 aliphatic heterocycles. The van der Waals surface area contributed by atoms with Crippen LogP contribution in [0.25, 0.3) is 0 Å². The molecule has 0 saturated heterocycles. The van der Waals surface area contributed by atoms with Gasteiger partial charge in [-0.3, -0.25) is 0 Å². The third-order valence-electron chi connectivity index (χ3n) is 2.00. The monoisotopic (exact) mass is 341 g/mol. The molecule has 2 nitrogen and oxygen atoms in total. The van der Waals surface area contributed by atoms with Gasteiger partial charge in [0, 0.05) is 10.2 Å². The summed E-state index contributed by atoms with van der Waals surface area (Å²) < 4.78 is 7.56. The Hall–Kier alpha value is -1.000. The number of hydrogen-bond donors (Lipinski definition) is 1. The van der Waals surface area contributed by atoms with E-state index >= 15 is 0 Å². The number of hydrogen-bond acceptors (Lipinski definition) is 2. The molecule has 0 radical (unpaired) electrons. The lowest BCUT2D eigenvalue weighted by Gasteiger charge is -2.08. The minimum Gasteiger partial charge on any atom is -0.456 e. The molecule has 0 spiro atoms. The molecule has 4 heteroatoms. The Balaban J connectivity index is 2.23. The summed E-state index contributed by atoms with van der Waals surface area (Å²) in [4.78, 5) is 0. The third kappa shape index (κ3) is 2.77. The maximum absolute atomic E-state index is 5.70. The molecule has 2 N–H and O–H groups in total. The number of nitrogen functional groups attached to an aromatic ring is 1. The number of rotatable bonds is 2. The summed E-state index contributed by atoms with van der Waals surface area (Å²) >= 11 is 6.78. The first-order chi connectivity index (χ1) is 7.65. The van der Waals surface area contributed by atoms with E-state index in [4.69, 9.17) is 10.5 Å². The van der Waals surface area contributed by atoms with Gasteiger partial charge in [0.15, 0.2) is 0 Å². The number of nitrogens with two attached hydrogens (primary N) is 1. The van der Waals surface area contributed by atoms with Gasteiger partial charge in [-0.1, -0.05) is 15.9 Å². The molecular formula is C12H9Br2NO. The fourth-order valence-electron chi connectivity index (χ4n) is 1.23. The maximum atomic E-state index is 5.70. The minimum absolute atomic E-state index is 0.704. The molecule has 2 aromatic rings. The Bertz CT molecular complexity index is 497. The Kier molecular flexibility index (Phi) is 3.51. The van der Waals surface area contributed by atoms with E-state index in [1.165, 1.54) is 0 Å². The molecule has 0 aliphatic rings. The van der Waals surface area contributed by atoms with Crippen LogP contribution >= 0.6 is 31.9 Å². The Morgan fingerprint density at radius 3 is 2.25 bits per heavy atom. The Morgan fingerprint density at radius 2 is 1.62 bits per heavy atom. The van der Waals surface area contributed by atoms with Crippen molar-refractivity contribution in [3.05, 3.63) is 51.4 Å². The average Bonchev–Trinajstić information content (AvgIpc) is 2.25. The molecule has 0 amide bonds. The standard InChI is InChI=1S/C12H9Br2NO/c13-8-1-4-10(5-2-8)16-12-6-3-9(15)7-11(12)14/h1-7H,15H2. The fourth-order valence-corrected chi connectivity index (χ4v) is 1.97. The Morgan fingerprint density at radius 1 is 0.938 bits per heavy atom.